The van der Waals surface area contributed by atoms with Crippen molar-refractivity contribution in [1.82, 2.24) is 0 Å². The van der Waals surface area contributed by atoms with Crippen LogP contribution in [0.5, 0.6) is 0 Å². The summed E-state index contributed by atoms with van der Waals surface area (Å²) in [5.41, 5.74) is 3.04. The smallest absolute Gasteiger partial charge is 0.0154 e. The summed E-state index contributed by atoms with van der Waals surface area (Å²) in [4.78, 5) is 0. The molecule has 0 amide bonds. The summed E-state index contributed by atoms with van der Waals surface area (Å²) < 4.78 is 0. The van der Waals surface area contributed by atoms with Crippen LogP contribution >= 0.6 is 0 Å². The number of hydrogen-bond donors (Lipinski definition) is 0. The molecule has 0 aromatic carbocycles. The SMILES string of the molecule is C1=CC2=CCC=C2CC1. The van der Waals surface area contributed by atoms with Crippen molar-refractivity contribution in [2.24, 2.45) is 0 Å². The van der Waals surface area contributed by atoms with Crippen LogP contribution in [0.25, 0.3) is 0 Å². The molecule has 0 spiro atoms. The zero-order chi connectivity index (χ0) is 6.10. The Morgan fingerprint density at radius 3 is 3.11 bits per heavy atom. The van der Waals surface area contributed by atoms with E-state index < -0.39 is 0 Å². The Balaban J connectivity index is 2.39. The molecule has 0 aliphatic heterocycles. The van der Waals surface area contributed by atoms with Crippen molar-refractivity contribution in [2.45, 2.75) is 19.3 Å². The van der Waals surface area contributed by atoms with E-state index in [1.54, 1.807) is 5.57 Å². The zero-order valence-electron chi connectivity index (χ0n) is 5.43. The van der Waals surface area contributed by atoms with Crippen LogP contribution < -0.4 is 0 Å². The molecule has 0 nitrogen and oxygen atoms in total. The molecule has 0 saturated carbocycles. The average molecular weight is 118 g/mol. The number of hydrogen-bond acceptors (Lipinski definition) is 0. The Morgan fingerprint density at radius 2 is 2.22 bits per heavy atom. The van der Waals surface area contributed by atoms with Crippen molar-refractivity contribution in [3.63, 3.8) is 0 Å². The largest absolute Gasteiger partial charge is 0.0836 e. The molecule has 0 N–H and O–H groups in total. The minimum Gasteiger partial charge on any atom is -0.0836 e. The van der Waals surface area contributed by atoms with Crippen molar-refractivity contribution in [2.75, 3.05) is 0 Å². The Kier molecular flexibility index (Phi) is 1.05. The molecule has 0 radical (unpaired) electrons. The first-order valence-electron chi connectivity index (χ1n) is 3.53. The van der Waals surface area contributed by atoms with Crippen LogP contribution in [-0.4, -0.2) is 0 Å². The van der Waals surface area contributed by atoms with Crippen LogP contribution in [0.3, 0.4) is 0 Å². The summed E-state index contributed by atoms with van der Waals surface area (Å²) >= 11 is 0. The maximum absolute atomic E-state index is 2.33. The van der Waals surface area contributed by atoms with Crippen LogP contribution in [0.15, 0.2) is 35.5 Å². The van der Waals surface area contributed by atoms with E-state index in [0.29, 0.717) is 0 Å². The van der Waals surface area contributed by atoms with E-state index in [-0.39, 0.29) is 0 Å². The predicted molar refractivity (Wildman–Crippen MR) is 39.2 cm³/mol. The fourth-order valence-corrected chi connectivity index (χ4v) is 1.45. The van der Waals surface area contributed by atoms with E-state index in [4.69, 9.17) is 0 Å². The molecule has 0 bridgehead atoms. The van der Waals surface area contributed by atoms with Gasteiger partial charge in [-0.2, -0.15) is 0 Å². The van der Waals surface area contributed by atoms with Crippen LogP contribution in [0, 0.1) is 0 Å². The van der Waals surface area contributed by atoms with Crippen LogP contribution in [0.2, 0.25) is 0 Å². The molecule has 0 atom stereocenters. The van der Waals surface area contributed by atoms with Gasteiger partial charge in [0.2, 0.25) is 0 Å². The van der Waals surface area contributed by atoms with Gasteiger partial charge in [-0.25, -0.2) is 0 Å². The molecule has 0 fully saturated rings. The van der Waals surface area contributed by atoms with Gasteiger partial charge in [-0.3, -0.25) is 0 Å². The highest BCUT2D eigenvalue weighted by atomic mass is 14.1. The summed E-state index contributed by atoms with van der Waals surface area (Å²) in [6, 6.07) is 0. The average Bonchev–Trinajstić information content (AvgIpc) is 2.33. The second-order valence-corrected chi connectivity index (χ2v) is 2.57. The maximum Gasteiger partial charge on any atom is -0.0154 e. The summed E-state index contributed by atoms with van der Waals surface area (Å²) in [6.45, 7) is 0. The molecule has 2 aliphatic rings. The highest BCUT2D eigenvalue weighted by Crippen LogP contribution is 2.28. The Hall–Kier alpha value is -0.780. The third kappa shape index (κ3) is 0.748. The van der Waals surface area contributed by atoms with E-state index in [2.05, 4.69) is 24.3 Å². The fourth-order valence-electron chi connectivity index (χ4n) is 1.45. The highest BCUT2D eigenvalue weighted by molar-refractivity contribution is 5.46. The molecule has 0 unspecified atom stereocenters. The highest BCUT2D eigenvalue weighted by Gasteiger charge is 2.08. The summed E-state index contributed by atoms with van der Waals surface area (Å²) in [5.74, 6) is 0. The van der Waals surface area contributed by atoms with Gasteiger partial charge in [-0.05, 0) is 30.4 Å². The first kappa shape index (κ1) is 5.04. The minimum atomic E-state index is 1.16. The third-order valence-corrected chi connectivity index (χ3v) is 1.95. The van der Waals surface area contributed by atoms with Crippen molar-refractivity contribution in [3.05, 3.63) is 35.5 Å². The van der Waals surface area contributed by atoms with Gasteiger partial charge in [0, 0.05) is 0 Å². The second kappa shape index (κ2) is 1.87. The Morgan fingerprint density at radius 1 is 1.22 bits per heavy atom. The second-order valence-electron chi connectivity index (χ2n) is 2.57. The topological polar surface area (TPSA) is 0 Å². The molecular weight excluding hydrogens is 108 g/mol. The van der Waals surface area contributed by atoms with Crippen LogP contribution in [0.1, 0.15) is 19.3 Å². The minimum absolute atomic E-state index is 1.16. The lowest BCUT2D eigenvalue weighted by atomic mass is 9.99. The predicted octanol–water partition coefficient (Wildman–Crippen LogP) is 2.59. The lowest BCUT2D eigenvalue weighted by molar-refractivity contribution is 0.973. The molecular formula is C9H10. The Labute approximate surface area is 55.6 Å². The van der Waals surface area contributed by atoms with Gasteiger partial charge in [-0.15, -0.1) is 0 Å². The van der Waals surface area contributed by atoms with E-state index in [1.165, 1.54) is 18.4 Å². The van der Waals surface area contributed by atoms with Crippen LogP contribution in [0.4, 0.5) is 0 Å². The van der Waals surface area contributed by atoms with Crippen molar-refractivity contribution in [3.8, 4) is 0 Å². The van der Waals surface area contributed by atoms with Gasteiger partial charge in [0.05, 0.1) is 0 Å². The van der Waals surface area contributed by atoms with E-state index in [1.807, 2.05) is 0 Å². The van der Waals surface area contributed by atoms with E-state index >= 15 is 0 Å². The van der Waals surface area contributed by atoms with E-state index in [9.17, 15) is 0 Å². The monoisotopic (exact) mass is 118 g/mol. The zero-order valence-corrected chi connectivity index (χ0v) is 5.43. The van der Waals surface area contributed by atoms with Gasteiger partial charge in [0.25, 0.3) is 0 Å². The molecule has 2 rings (SSSR count). The molecule has 2 aliphatic carbocycles. The third-order valence-electron chi connectivity index (χ3n) is 1.95. The molecule has 9 heavy (non-hydrogen) atoms. The lowest BCUT2D eigenvalue weighted by Gasteiger charge is -2.07. The normalized spacial score (nSPS) is 23.1. The Bertz CT molecular complexity index is 204. The molecule has 0 saturated heterocycles. The fraction of sp³-hybridized carbons (Fsp3) is 0.333. The van der Waals surface area contributed by atoms with Crippen LogP contribution in [-0.2, 0) is 0 Å². The van der Waals surface area contributed by atoms with Crippen molar-refractivity contribution < 1.29 is 0 Å². The quantitative estimate of drug-likeness (QED) is 0.458. The van der Waals surface area contributed by atoms with Gasteiger partial charge in [-0.1, -0.05) is 24.3 Å². The van der Waals surface area contributed by atoms with Gasteiger partial charge < -0.3 is 0 Å². The molecule has 46 valence electrons. The molecule has 0 heteroatoms. The van der Waals surface area contributed by atoms with E-state index in [0.717, 1.165) is 6.42 Å². The molecule has 0 heterocycles. The van der Waals surface area contributed by atoms with Gasteiger partial charge >= 0.3 is 0 Å². The van der Waals surface area contributed by atoms with Gasteiger partial charge in [0.1, 0.15) is 0 Å². The summed E-state index contributed by atoms with van der Waals surface area (Å²) in [5, 5.41) is 0. The van der Waals surface area contributed by atoms with Gasteiger partial charge in [0.15, 0.2) is 0 Å². The van der Waals surface area contributed by atoms with Crippen molar-refractivity contribution in [1.29, 1.82) is 0 Å². The molecule has 0 aromatic rings. The first-order chi connectivity index (χ1) is 4.47. The number of allylic oxidation sites excluding steroid dienone is 6. The lowest BCUT2D eigenvalue weighted by Crippen LogP contribution is -1.87. The van der Waals surface area contributed by atoms with Crippen molar-refractivity contribution >= 4 is 0 Å². The summed E-state index contributed by atoms with van der Waals surface area (Å²) in [6.07, 6.45) is 12.8. The first-order valence-corrected chi connectivity index (χ1v) is 3.53. The number of rotatable bonds is 0. The standard InChI is InChI=1S/C9H10/c1-2-5-9-7-3-6-8(9)4-1/h1,4,6-7H,2-3,5H2. The molecule has 0 aromatic heterocycles. The maximum atomic E-state index is 2.33. The number of fused-ring (bicyclic) bond motifs is 1. The summed E-state index contributed by atoms with van der Waals surface area (Å²) in [7, 11) is 0.